The molecule has 0 saturated carbocycles. The van der Waals surface area contributed by atoms with Crippen LogP contribution in [0.1, 0.15) is 27.8 Å². The number of aromatic nitrogens is 2. The molecule has 8 heteroatoms. The zero-order valence-corrected chi connectivity index (χ0v) is 16.0. The molecule has 0 atom stereocenters. The fourth-order valence-electron chi connectivity index (χ4n) is 2.56. The number of amides is 1. The van der Waals surface area contributed by atoms with Crippen molar-refractivity contribution in [1.29, 1.82) is 0 Å². The molecule has 1 amide bonds. The summed E-state index contributed by atoms with van der Waals surface area (Å²) in [5.41, 5.74) is 1.51. The van der Waals surface area contributed by atoms with Gasteiger partial charge in [-0.25, -0.2) is 14.8 Å². The normalized spacial score (nSPS) is 10.1. The van der Waals surface area contributed by atoms with E-state index in [1.54, 1.807) is 44.4 Å². The number of nitrogens with one attached hydrogen (secondary N) is 2. The maximum atomic E-state index is 12.7. The number of carbonyl (C=O) groups excluding carboxylic acids is 2. The van der Waals surface area contributed by atoms with Gasteiger partial charge in [0.2, 0.25) is 0 Å². The molecule has 0 fully saturated rings. The van der Waals surface area contributed by atoms with E-state index in [0.29, 0.717) is 17.3 Å². The average Bonchev–Trinajstić information content (AvgIpc) is 2.74. The van der Waals surface area contributed by atoms with Crippen LogP contribution in [-0.2, 0) is 4.74 Å². The van der Waals surface area contributed by atoms with Gasteiger partial charge in [-0.15, -0.1) is 0 Å². The first-order chi connectivity index (χ1) is 14.1. The number of methoxy groups -OCH3 is 1. The van der Waals surface area contributed by atoms with Gasteiger partial charge in [-0.05, 0) is 31.2 Å². The standard InChI is InChI=1S/C21H20N4O4/c1-3-29-21(27)16-9-4-5-10-17(16)25-20(26)18-12-19(23-13-22-18)24-14-7-6-8-15(11-14)28-2/h4-13H,3H2,1-2H3,(H,25,26)(H,22,23,24). The summed E-state index contributed by atoms with van der Waals surface area (Å²) in [5, 5.41) is 5.80. The smallest absolute Gasteiger partial charge is 0.340 e. The van der Waals surface area contributed by atoms with E-state index in [9.17, 15) is 9.59 Å². The Morgan fingerprint density at radius 1 is 1.03 bits per heavy atom. The van der Waals surface area contributed by atoms with E-state index < -0.39 is 11.9 Å². The monoisotopic (exact) mass is 392 g/mol. The van der Waals surface area contributed by atoms with Crippen molar-refractivity contribution in [2.45, 2.75) is 6.92 Å². The topological polar surface area (TPSA) is 102 Å². The molecule has 3 rings (SSSR count). The van der Waals surface area contributed by atoms with Gasteiger partial charge in [-0.3, -0.25) is 4.79 Å². The maximum absolute atomic E-state index is 12.7. The summed E-state index contributed by atoms with van der Waals surface area (Å²) in [4.78, 5) is 32.9. The summed E-state index contributed by atoms with van der Waals surface area (Å²) in [6, 6.07) is 15.5. The van der Waals surface area contributed by atoms with Gasteiger partial charge in [0.15, 0.2) is 0 Å². The minimum absolute atomic E-state index is 0.143. The van der Waals surface area contributed by atoms with Crippen molar-refractivity contribution in [2.24, 2.45) is 0 Å². The highest BCUT2D eigenvalue weighted by atomic mass is 16.5. The summed E-state index contributed by atoms with van der Waals surface area (Å²) in [6.07, 6.45) is 1.29. The number of benzene rings is 2. The Kier molecular flexibility index (Phi) is 6.36. The van der Waals surface area contributed by atoms with Gasteiger partial charge >= 0.3 is 5.97 Å². The first kappa shape index (κ1) is 19.8. The van der Waals surface area contributed by atoms with E-state index in [1.807, 2.05) is 18.2 Å². The number of rotatable bonds is 7. The van der Waals surface area contributed by atoms with Gasteiger partial charge in [0, 0.05) is 17.8 Å². The quantitative estimate of drug-likeness (QED) is 0.592. The zero-order chi connectivity index (χ0) is 20.6. The summed E-state index contributed by atoms with van der Waals surface area (Å²) < 4.78 is 10.2. The van der Waals surface area contributed by atoms with Crippen molar-refractivity contribution >= 4 is 29.1 Å². The third-order valence-corrected chi connectivity index (χ3v) is 3.91. The van der Waals surface area contributed by atoms with Crippen molar-refractivity contribution in [2.75, 3.05) is 24.4 Å². The lowest BCUT2D eigenvalue weighted by Crippen LogP contribution is -2.17. The maximum Gasteiger partial charge on any atom is 0.340 e. The number of carbonyl (C=O) groups is 2. The molecule has 0 bridgehead atoms. The van der Waals surface area contributed by atoms with Crippen LogP contribution >= 0.6 is 0 Å². The van der Waals surface area contributed by atoms with Gasteiger partial charge in [-0.2, -0.15) is 0 Å². The Labute approximate surface area is 167 Å². The Bertz CT molecular complexity index is 1020. The predicted octanol–water partition coefficient (Wildman–Crippen LogP) is 3.66. The molecule has 2 N–H and O–H groups in total. The molecule has 8 nitrogen and oxygen atoms in total. The third-order valence-electron chi connectivity index (χ3n) is 3.91. The highest BCUT2D eigenvalue weighted by molar-refractivity contribution is 6.07. The molecule has 1 heterocycles. The first-order valence-electron chi connectivity index (χ1n) is 8.91. The minimum Gasteiger partial charge on any atom is -0.497 e. The molecule has 0 aliphatic carbocycles. The van der Waals surface area contributed by atoms with Gasteiger partial charge in [-0.1, -0.05) is 18.2 Å². The second-order valence-electron chi connectivity index (χ2n) is 5.87. The van der Waals surface area contributed by atoms with E-state index in [-0.39, 0.29) is 17.9 Å². The summed E-state index contributed by atoms with van der Waals surface area (Å²) in [5.74, 6) is 0.152. The highest BCUT2D eigenvalue weighted by Crippen LogP contribution is 2.21. The minimum atomic E-state index is -0.508. The van der Waals surface area contributed by atoms with E-state index >= 15 is 0 Å². The number of esters is 1. The van der Waals surface area contributed by atoms with E-state index in [1.165, 1.54) is 12.4 Å². The molecular formula is C21H20N4O4. The van der Waals surface area contributed by atoms with Crippen molar-refractivity contribution < 1.29 is 19.1 Å². The number of hydrogen-bond acceptors (Lipinski definition) is 7. The van der Waals surface area contributed by atoms with Gasteiger partial charge < -0.3 is 20.1 Å². The molecule has 2 aromatic carbocycles. The zero-order valence-electron chi connectivity index (χ0n) is 16.0. The predicted molar refractivity (Wildman–Crippen MR) is 109 cm³/mol. The molecule has 148 valence electrons. The molecule has 0 radical (unpaired) electrons. The van der Waals surface area contributed by atoms with Crippen LogP contribution in [-0.4, -0.2) is 35.6 Å². The Balaban J connectivity index is 1.77. The van der Waals surface area contributed by atoms with Crippen LogP contribution in [0.3, 0.4) is 0 Å². The molecular weight excluding hydrogens is 372 g/mol. The molecule has 3 aromatic rings. The third kappa shape index (κ3) is 5.07. The Hall–Kier alpha value is -3.94. The van der Waals surface area contributed by atoms with Gasteiger partial charge in [0.25, 0.3) is 5.91 Å². The van der Waals surface area contributed by atoms with Crippen LogP contribution in [0.25, 0.3) is 0 Å². The number of ether oxygens (including phenoxy) is 2. The molecule has 1 aromatic heterocycles. The number of nitrogens with zero attached hydrogens (tertiary/aromatic N) is 2. The largest absolute Gasteiger partial charge is 0.497 e. The molecule has 0 spiro atoms. The summed E-state index contributed by atoms with van der Waals surface area (Å²) >= 11 is 0. The molecule has 0 saturated heterocycles. The average molecular weight is 392 g/mol. The van der Waals surface area contributed by atoms with Crippen molar-refractivity contribution in [1.82, 2.24) is 9.97 Å². The van der Waals surface area contributed by atoms with E-state index in [4.69, 9.17) is 9.47 Å². The van der Waals surface area contributed by atoms with Crippen LogP contribution in [0.5, 0.6) is 5.75 Å². The second kappa shape index (κ2) is 9.32. The Morgan fingerprint density at radius 3 is 2.66 bits per heavy atom. The van der Waals surface area contributed by atoms with E-state index in [0.717, 1.165) is 5.69 Å². The summed E-state index contributed by atoms with van der Waals surface area (Å²) in [7, 11) is 1.58. The van der Waals surface area contributed by atoms with Crippen LogP contribution in [0.2, 0.25) is 0 Å². The van der Waals surface area contributed by atoms with Crippen LogP contribution in [0.15, 0.2) is 60.9 Å². The van der Waals surface area contributed by atoms with Crippen molar-refractivity contribution in [3.05, 3.63) is 72.2 Å². The highest BCUT2D eigenvalue weighted by Gasteiger charge is 2.16. The van der Waals surface area contributed by atoms with Crippen LogP contribution in [0.4, 0.5) is 17.2 Å². The number of hydrogen-bond donors (Lipinski definition) is 2. The number of para-hydroxylation sites is 1. The van der Waals surface area contributed by atoms with Gasteiger partial charge in [0.1, 0.15) is 23.6 Å². The van der Waals surface area contributed by atoms with E-state index in [2.05, 4.69) is 20.6 Å². The summed E-state index contributed by atoms with van der Waals surface area (Å²) in [6.45, 7) is 1.96. The molecule has 0 aliphatic rings. The molecule has 29 heavy (non-hydrogen) atoms. The van der Waals surface area contributed by atoms with Crippen LogP contribution < -0.4 is 15.4 Å². The fraction of sp³-hybridized carbons (Fsp3) is 0.143. The Morgan fingerprint density at radius 2 is 1.86 bits per heavy atom. The lowest BCUT2D eigenvalue weighted by Gasteiger charge is -2.11. The van der Waals surface area contributed by atoms with Crippen LogP contribution in [0, 0.1) is 0 Å². The second-order valence-corrected chi connectivity index (χ2v) is 5.87. The van der Waals surface area contributed by atoms with Crippen molar-refractivity contribution in [3.63, 3.8) is 0 Å². The lowest BCUT2D eigenvalue weighted by molar-refractivity contribution is 0.0527. The lowest BCUT2D eigenvalue weighted by atomic mass is 10.1. The number of anilines is 3. The first-order valence-corrected chi connectivity index (χ1v) is 8.91. The fourth-order valence-corrected chi connectivity index (χ4v) is 2.56. The molecule has 0 unspecified atom stereocenters. The van der Waals surface area contributed by atoms with Gasteiger partial charge in [0.05, 0.1) is 25.0 Å². The molecule has 0 aliphatic heterocycles. The SMILES string of the molecule is CCOC(=O)c1ccccc1NC(=O)c1cc(Nc2cccc(OC)c2)ncn1. The van der Waals surface area contributed by atoms with Crippen molar-refractivity contribution in [3.8, 4) is 5.75 Å².